The van der Waals surface area contributed by atoms with E-state index in [1.165, 1.54) is 16.7 Å². The average Bonchev–Trinajstić information content (AvgIpc) is 2.63. The fraction of sp³-hybridized carbons (Fsp3) is 0.200. The predicted octanol–water partition coefficient (Wildman–Crippen LogP) is 3.78. The zero-order valence-electron chi connectivity index (χ0n) is 14.9. The minimum Gasteiger partial charge on any atom is -0.477 e. The molecule has 1 aromatic heterocycles. The minimum atomic E-state index is -1.41. The first-order valence-electron chi connectivity index (χ1n) is 8.42. The van der Waals surface area contributed by atoms with Gasteiger partial charge in [0.25, 0.3) is 11.2 Å². The molecule has 0 radical (unpaired) electrons. The number of carbonyl (C=O) groups is 1. The van der Waals surface area contributed by atoms with Crippen LogP contribution in [0.4, 0.5) is 5.69 Å². The summed E-state index contributed by atoms with van der Waals surface area (Å²) in [6, 6.07) is 13.1. The van der Waals surface area contributed by atoms with E-state index < -0.39 is 22.0 Å². The van der Waals surface area contributed by atoms with Crippen molar-refractivity contribution >= 4 is 22.6 Å². The number of non-ortho nitro benzene ring substituents is 1. The highest BCUT2D eigenvalue weighted by Gasteiger charge is 2.20. The highest BCUT2D eigenvalue weighted by molar-refractivity contribution is 5.96. The Hall–Kier alpha value is -3.48. The van der Waals surface area contributed by atoms with Crippen LogP contribution in [0.15, 0.2) is 53.3 Å². The maximum atomic E-state index is 12.7. The van der Waals surface area contributed by atoms with Crippen LogP contribution in [0.25, 0.3) is 10.9 Å². The van der Waals surface area contributed by atoms with E-state index in [0.29, 0.717) is 11.4 Å². The van der Waals surface area contributed by atoms with Gasteiger partial charge < -0.3 is 9.67 Å². The number of hydrogen-bond acceptors (Lipinski definition) is 4. The van der Waals surface area contributed by atoms with Crippen LogP contribution in [-0.4, -0.2) is 20.6 Å². The number of rotatable bonds is 5. The molecule has 0 aliphatic heterocycles. The lowest BCUT2D eigenvalue weighted by molar-refractivity contribution is -0.383. The van der Waals surface area contributed by atoms with E-state index in [1.807, 2.05) is 24.3 Å². The van der Waals surface area contributed by atoms with Crippen LogP contribution in [0.3, 0.4) is 0 Å². The van der Waals surface area contributed by atoms with Gasteiger partial charge in [0.15, 0.2) is 0 Å². The summed E-state index contributed by atoms with van der Waals surface area (Å²) in [7, 11) is 0. The molecule has 0 fully saturated rings. The van der Waals surface area contributed by atoms with Gasteiger partial charge in [-0.15, -0.1) is 0 Å². The van der Waals surface area contributed by atoms with E-state index in [2.05, 4.69) is 13.8 Å². The van der Waals surface area contributed by atoms with Crippen molar-refractivity contribution in [1.82, 2.24) is 4.57 Å². The van der Waals surface area contributed by atoms with Crippen molar-refractivity contribution in [2.24, 2.45) is 0 Å². The number of carboxylic acids is 1. The Labute approximate surface area is 154 Å². The van der Waals surface area contributed by atoms with E-state index in [1.54, 1.807) is 6.07 Å². The average molecular weight is 366 g/mol. The van der Waals surface area contributed by atoms with Crippen LogP contribution >= 0.6 is 0 Å². The van der Waals surface area contributed by atoms with Crippen molar-refractivity contribution in [2.75, 3.05) is 0 Å². The molecule has 27 heavy (non-hydrogen) atoms. The monoisotopic (exact) mass is 366 g/mol. The number of hydrogen-bond donors (Lipinski definition) is 1. The van der Waals surface area contributed by atoms with Crippen LogP contribution in [0, 0.1) is 10.1 Å². The molecule has 0 amide bonds. The molecule has 0 aliphatic carbocycles. The Morgan fingerprint density at radius 3 is 2.41 bits per heavy atom. The number of nitro groups is 1. The first-order valence-corrected chi connectivity index (χ1v) is 8.42. The van der Waals surface area contributed by atoms with Crippen LogP contribution in [-0.2, 0) is 6.54 Å². The van der Waals surface area contributed by atoms with E-state index in [-0.39, 0.29) is 17.6 Å². The van der Waals surface area contributed by atoms with Gasteiger partial charge in [-0.25, -0.2) is 4.79 Å². The van der Waals surface area contributed by atoms with Gasteiger partial charge in [-0.2, -0.15) is 0 Å². The van der Waals surface area contributed by atoms with Gasteiger partial charge in [0, 0.05) is 6.07 Å². The number of benzene rings is 2. The van der Waals surface area contributed by atoms with E-state index >= 15 is 0 Å². The summed E-state index contributed by atoms with van der Waals surface area (Å²) in [4.78, 5) is 34.9. The van der Waals surface area contributed by atoms with Gasteiger partial charge in [-0.3, -0.25) is 14.9 Å². The third kappa shape index (κ3) is 3.44. The van der Waals surface area contributed by atoms with Crippen LogP contribution in [0.1, 0.15) is 41.3 Å². The van der Waals surface area contributed by atoms with Gasteiger partial charge in [0.1, 0.15) is 5.56 Å². The molecule has 2 aromatic carbocycles. The third-order valence-electron chi connectivity index (χ3n) is 4.53. The molecule has 0 saturated carbocycles. The zero-order valence-corrected chi connectivity index (χ0v) is 14.9. The van der Waals surface area contributed by atoms with Crippen molar-refractivity contribution in [3.63, 3.8) is 0 Å². The smallest absolute Gasteiger partial charge is 0.341 e. The second-order valence-electron chi connectivity index (χ2n) is 6.62. The normalized spacial score (nSPS) is 11.1. The summed E-state index contributed by atoms with van der Waals surface area (Å²) in [5.74, 6) is -1.05. The summed E-state index contributed by atoms with van der Waals surface area (Å²) in [6.45, 7) is 4.26. The number of pyridine rings is 1. The third-order valence-corrected chi connectivity index (χ3v) is 4.53. The Morgan fingerprint density at radius 2 is 1.85 bits per heavy atom. The molecule has 7 nitrogen and oxygen atoms in total. The van der Waals surface area contributed by atoms with E-state index in [0.717, 1.165) is 17.2 Å². The largest absolute Gasteiger partial charge is 0.477 e. The second kappa shape index (κ2) is 7.03. The van der Waals surface area contributed by atoms with Crippen LogP contribution in [0.2, 0.25) is 0 Å². The molecule has 0 spiro atoms. The van der Waals surface area contributed by atoms with Crippen LogP contribution in [0.5, 0.6) is 0 Å². The Bertz CT molecular complexity index is 1100. The SMILES string of the molecule is CC(C)c1ccc(Cn2c(=O)c(C(=O)O)cc3c([N+](=O)[O-])cccc32)cc1. The van der Waals surface area contributed by atoms with E-state index in [4.69, 9.17) is 0 Å². The molecule has 0 aliphatic rings. The fourth-order valence-electron chi connectivity index (χ4n) is 3.05. The fourth-order valence-corrected chi connectivity index (χ4v) is 3.05. The number of nitrogens with zero attached hydrogens (tertiary/aromatic N) is 2. The van der Waals surface area contributed by atoms with Crippen molar-refractivity contribution in [3.8, 4) is 0 Å². The standard InChI is InChI=1S/C20H18N2O5/c1-12(2)14-8-6-13(7-9-14)11-21-17-4-3-5-18(22(26)27)15(17)10-16(19(21)23)20(24)25/h3-10,12H,11H2,1-2H3,(H,24,25). The van der Waals surface area contributed by atoms with Gasteiger partial charge >= 0.3 is 5.97 Å². The molecular formula is C20H18N2O5. The lowest BCUT2D eigenvalue weighted by Crippen LogP contribution is -2.27. The van der Waals surface area contributed by atoms with Crippen molar-refractivity contribution < 1.29 is 14.8 Å². The highest BCUT2D eigenvalue weighted by atomic mass is 16.6. The first kappa shape index (κ1) is 18.3. The topological polar surface area (TPSA) is 102 Å². The molecule has 0 saturated heterocycles. The lowest BCUT2D eigenvalue weighted by atomic mass is 10.0. The van der Waals surface area contributed by atoms with Crippen molar-refractivity contribution in [3.05, 3.63) is 85.7 Å². The molecule has 0 atom stereocenters. The summed E-state index contributed by atoms with van der Waals surface area (Å²) < 4.78 is 1.27. The maximum absolute atomic E-state index is 12.7. The number of fused-ring (bicyclic) bond motifs is 1. The quantitative estimate of drug-likeness (QED) is 0.547. The maximum Gasteiger partial charge on any atom is 0.341 e. The summed E-state index contributed by atoms with van der Waals surface area (Å²) in [5, 5.41) is 20.8. The first-order chi connectivity index (χ1) is 12.8. The molecule has 1 heterocycles. The number of nitro benzene ring substituents is 1. The lowest BCUT2D eigenvalue weighted by Gasteiger charge is -2.13. The summed E-state index contributed by atoms with van der Waals surface area (Å²) in [6.07, 6.45) is 0. The van der Waals surface area contributed by atoms with Crippen molar-refractivity contribution in [2.45, 2.75) is 26.3 Å². The molecule has 0 unspecified atom stereocenters. The summed E-state index contributed by atoms with van der Waals surface area (Å²) in [5.41, 5.74) is 0.854. The molecule has 138 valence electrons. The number of aromatic nitrogens is 1. The molecule has 3 rings (SSSR count). The van der Waals surface area contributed by atoms with Gasteiger partial charge in [0.2, 0.25) is 0 Å². The number of aromatic carboxylic acids is 1. The number of carboxylic acid groups (broad SMARTS) is 1. The van der Waals surface area contributed by atoms with Crippen LogP contribution < -0.4 is 5.56 Å². The summed E-state index contributed by atoms with van der Waals surface area (Å²) >= 11 is 0. The molecule has 7 heteroatoms. The zero-order chi connectivity index (χ0) is 19.7. The molecular weight excluding hydrogens is 348 g/mol. The highest BCUT2D eigenvalue weighted by Crippen LogP contribution is 2.26. The molecule has 1 N–H and O–H groups in total. The minimum absolute atomic E-state index is 0.121. The predicted molar refractivity (Wildman–Crippen MR) is 101 cm³/mol. The Balaban J connectivity index is 2.22. The van der Waals surface area contributed by atoms with Gasteiger partial charge in [-0.1, -0.05) is 44.2 Å². The molecule has 3 aromatic rings. The molecule has 0 bridgehead atoms. The van der Waals surface area contributed by atoms with E-state index in [9.17, 15) is 24.8 Å². The van der Waals surface area contributed by atoms with Crippen molar-refractivity contribution in [1.29, 1.82) is 0 Å². The Morgan fingerprint density at radius 1 is 1.19 bits per heavy atom. The van der Waals surface area contributed by atoms with Gasteiger partial charge in [-0.05, 0) is 29.2 Å². The Kier molecular flexibility index (Phi) is 4.77. The van der Waals surface area contributed by atoms with Gasteiger partial charge in [0.05, 0.1) is 22.4 Å². The second-order valence-corrected chi connectivity index (χ2v) is 6.62.